The molecule has 6 nitrogen and oxygen atoms in total. The molecular formula is C13H19N3O3. The molecule has 0 spiro atoms. The molecule has 0 aliphatic carbocycles. The molecule has 1 saturated heterocycles. The topological polar surface area (TPSA) is 76.6 Å². The molecule has 1 amide bonds. The minimum absolute atomic E-state index is 0.0770. The van der Waals surface area contributed by atoms with Crippen LogP contribution in [0.4, 0.5) is 0 Å². The number of carboxylic acids is 1. The second kappa shape index (κ2) is 5.05. The van der Waals surface area contributed by atoms with Gasteiger partial charge in [-0.2, -0.15) is 0 Å². The molecule has 1 aromatic heterocycles. The Hall–Kier alpha value is -1.82. The highest BCUT2D eigenvalue weighted by Gasteiger charge is 2.26. The van der Waals surface area contributed by atoms with E-state index in [1.54, 1.807) is 18.7 Å². The van der Waals surface area contributed by atoms with Crippen molar-refractivity contribution in [2.75, 3.05) is 33.2 Å². The van der Waals surface area contributed by atoms with Gasteiger partial charge < -0.3 is 19.9 Å². The molecule has 0 aromatic carbocycles. The van der Waals surface area contributed by atoms with Crippen LogP contribution in [-0.4, -0.2) is 65.0 Å². The van der Waals surface area contributed by atoms with Crippen molar-refractivity contribution in [1.29, 1.82) is 0 Å². The number of carbonyl (C=O) groups is 2. The van der Waals surface area contributed by atoms with E-state index >= 15 is 0 Å². The highest BCUT2D eigenvalue weighted by atomic mass is 16.4. The fraction of sp³-hybridized carbons (Fsp3) is 0.538. The molecule has 0 atom stereocenters. The number of amides is 1. The van der Waals surface area contributed by atoms with Gasteiger partial charge in [0.1, 0.15) is 5.69 Å². The van der Waals surface area contributed by atoms with Crippen LogP contribution in [0.5, 0.6) is 0 Å². The first-order chi connectivity index (χ1) is 8.91. The number of carbonyl (C=O) groups excluding carboxylic acids is 1. The lowest BCUT2D eigenvalue weighted by atomic mass is 10.1. The molecule has 2 N–H and O–H groups in total. The van der Waals surface area contributed by atoms with E-state index in [1.807, 2.05) is 7.05 Å². The second-order valence-corrected chi connectivity index (χ2v) is 5.03. The van der Waals surface area contributed by atoms with Crippen molar-refractivity contribution in [3.63, 3.8) is 0 Å². The van der Waals surface area contributed by atoms with Gasteiger partial charge in [-0.05, 0) is 26.5 Å². The number of nitrogens with one attached hydrogen (secondary N) is 1. The highest BCUT2D eigenvalue weighted by molar-refractivity contribution is 6.00. The van der Waals surface area contributed by atoms with E-state index in [2.05, 4.69) is 9.88 Å². The van der Waals surface area contributed by atoms with E-state index < -0.39 is 5.97 Å². The third-order valence-electron chi connectivity index (χ3n) is 3.66. The SMILES string of the molecule is Cc1[nH]c(C(=O)O)c(C)c1C(=O)N1CCN(C)CC1. The Balaban J connectivity index is 2.27. The van der Waals surface area contributed by atoms with Crippen molar-refractivity contribution < 1.29 is 14.7 Å². The van der Waals surface area contributed by atoms with Crippen LogP contribution in [0.2, 0.25) is 0 Å². The van der Waals surface area contributed by atoms with Crippen LogP contribution in [0.1, 0.15) is 32.1 Å². The average molecular weight is 265 g/mol. The van der Waals surface area contributed by atoms with Gasteiger partial charge in [-0.15, -0.1) is 0 Å². The fourth-order valence-corrected chi connectivity index (χ4v) is 2.45. The molecule has 0 bridgehead atoms. The summed E-state index contributed by atoms with van der Waals surface area (Å²) in [6, 6.07) is 0. The predicted molar refractivity (Wildman–Crippen MR) is 70.6 cm³/mol. The van der Waals surface area contributed by atoms with Crippen LogP contribution in [-0.2, 0) is 0 Å². The van der Waals surface area contributed by atoms with Gasteiger partial charge >= 0.3 is 5.97 Å². The maximum absolute atomic E-state index is 12.5. The highest BCUT2D eigenvalue weighted by Crippen LogP contribution is 2.20. The largest absolute Gasteiger partial charge is 0.477 e. The van der Waals surface area contributed by atoms with Gasteiger partial charge in [0.2, 0.25) is 0 Å². The van der Waals surface area contributed by atoms with E-state index in [4.69, 9.17) is 5.11 Å². The molecule has 0 unspecified atom stereocenters. The Labute approximate surface area is 112 Å². The van der Waals surface area contributed by atoms with Gasteiger partial charge in [0.05, 0.1) is 5.56 Å². The van der Waals surface area contributed by atoms with E-state index in [0.717, 1.165) is 13.1 Å². The molecule has 6 heteroatoms. The second-order valence-electron chi connectivity index (χ2n) is 5.03. The van der Waals surface area contributed by atoms with Gasteiger partial charge in [-0.1, -0.05) is 0 Å². The molecule has 104 valence electrons. The van der Waals surface area contributed by atoms with Crippen LogP contribution in [0.3, 0.4) is 0 Å². The fourth-order valence-electron chi connectivity index (χ4n) is 2.45. The van der Waals surface area contributed by atoms with Crippen LogP contribution in [0.15, 0.2) is 0 Å². The predicted octanol–water partition coefficient (Wildman–Crippen LogP) is 0.717. The zero-order valence-electron chi connectivity index (χ0n) is 11.5. The number of hydrogen-bond donors (Lipinski definition) is 2. The number of nitrogens with zero attached hydrogens (tertiary/aromatic N) is 2. The Kier molecular flexibility index (Phi) is 3.61. The average Bonchev–Trinajstić information content (AvgIpc) is 2.65. The van der Waals surface area contributed by atoms with E-state index in [-0.39, 0.29) is 11.6 Å². The van der Waals surface area contributed by atoms with Crippen molar-refractivity contribution in [2.24, 2.45) is 0 Å². The summed E-state index contributed by atoms with van der Waals surface area (Å²) in [4.78, 5) is 30.3. The van der Waals surface area contributed by atoms with E-state index in [0.29, 0.717) is 29.9 Å². The Morgan fingerprint density at radius 1 is 1.16 bits per heavy atom. The van der Waals surface area contributed by atoms with Gasteiger partial charge in [0, 0.05) is 31.9 Å². The summed E-state index contributed by atoms with van der Waals surface area (Å²) in [5, 5.41) is 9.07. The maximum atomic E-state index is 12.5. The number of rotatable bonds is 2. The monoisotopic (exact) mass is 265 g/mol. The number of carboxylic acid groups (broad SMARTS) is 1. The summed E-state index contributed by atoms with van der Waals surface area (Å²) in [7, 11) is 2.02. The first kappa shape index (κ1) is 13.6. The molecule has 0 saturated carbocycles. The van der Waals surface area contributed by atoms with Crippen LogP contribution >= 0.6 is 0 Å². The van der Waals surface area contributed by atoms with Crippen molar-refractivity contribution in [2.45, 2.75) is 13.8 Å². The normalized spacial score (nSPS) is 16.7. The van der Waals surface area contributed by atoms with Crippen molar-refractivity contribution in [1.82, 2.24) is 14.8 Å². The molecule has 1 aliphatic heterocycles. The van der Waals surface area contributed by atoms with Crippen LogP contribution in [0, 0.1) is 13.8 Å². The molecule has 2 heterocycles. The number of aromatic carboxylic acids is 1. The zero-order chi connectivity index (χ0) is 14.2. The first-order valence-corrected chi connectivity index (χ1v) is 6.32. The lowest BCUT2D eigenvalue weighted by Gasteiger charge is -2.32. The molecule has 1 fully saturated rings. The van der Waals surface area contributed by atoms with Gasteiger partial charge in [-0.3, -0.25) is 4.79 Å². The van der Waals surface area contributed by atoms with Crippen LogP contribution < -0.4 is 0 Å². The lowest BCUT2D eigenvalue weighted by Crippen LogP contribution is -2.47. The Morgan fingerprint density at radius 3 is 2.21 bits per heavy atom. The summed E-state index contributed by atoms with van der Waals surface area (Å²) < 4.78 is 0. The zero-order valence-corrected chi connectivity index (χ0v) is 11.5. The molecular weight excluding hydrogens is 246 g/mol. The molecule has 1 aromatic rings. The third-order valence-corrected chi connectivity index (χ3v) is 3.66. The Bertz CT molecular complexity index is 513. The quantitative estimate of drug-likeness (QED) is 0.826. The summed E-state index contributed by atoms with van der Waals surface area (Å²) in [6.07, 6.45) is 0. The van der Waals surface area contributed by atoms with Crippen molar-refractivity contribution in [3.8, 4) is 0 Å². The van der Waals surface area contributed by atoms with Crippen molar-refractivity contribution in [3.05, 3.63) is 22.5 Å². The van der Waals surface area contributed by atoms with Gasteiger partial charge in [0.15, 0.2) is 0 Å². The summed E-state index contributed by atoms with van der Waals surface area (Å²) in [6.45, 7) is 6.47. The number of aromatic amines is 1. The number of hydrogen-bond acceptors (Lipinski definition) is 3. The van der Waals surface area contributed by atoms with Gasteiger partial charge in [-0.25, -0.2) is 4.79 Å². The maximum Gasteiger partial charge on any atom is 0.352 e. The number of likely N-dealkylation sites (N-methyl/N-ethyl adjacent to an activating group) is 1. The minimum Gasteiger partial charge on any atom is -0.477 e. The summed E-state index contributed by atoms with van der Waals surface area (Å²) in [5.74, 6) is -1.11. The minimum atomic E-state index is -1.03. The van der Waals surface area contributed by atoms with Crippen molar-refractivity contribution >= 4 is 11.9 Å². The molecule has 19 heavy (non-hydrogen) atoms. The third kappa shape index (κ3) is 2.49. The number of aromatic nitrogens is 1. The summed E-state index contributed by atoms with van der Waals surface area (Å²) in [5.41, 5.74) is 1.75. The summed E-state index contributed by atoms with van der Waals surface area (Å²) >= 11 is 0. The van der Waals surface area contributed by atoms with Gasteiger partial charge in [0.25, 0.3) is 5.91 Å². The smallest absolute Gasteiger partial charge is 0.352 e. The van der Waals surface area contributed by atoms with Crippen LogP contribution in [0.25, 0.3) is 0 Å². The number of piperazine rings is 1. The van der Waals surface area contributed by atoms with E-state index in [1.165, 1.54) is 0 Å². The standard InChI is InChI=1S/C13H19N3O3/c1-8-10(9(2)14-11(8)13(18)19)12(17)16-6-4-15(3)5-7-16/h14H,4-7H2,1-3H3,(H,18,19). The Morgan fingerprint density at radius 2 is 1.74 bits per heavy atom. The number of aryl methyl sites for hydroxylation is 1. The molecule has 0 radical (unpaired) electrons. The van der Waals surface area contributed by atoms with E-state index in [9.17, 15) is 9.59 Å². The first-order valence-electron chi connectivity index (χ1n) is 6.32. The molecule has 1 aliphatic rings. The number of H-pyrrole nitrogens is 1. The molecule has 2 rings (SSSR count). The lowest BCUT2D eigenvalue weighted by molar-refractivity contribution is 0.0662.